The van der Waals surface area contributed by atoms with Crippen LogP contribution in [0.1, 0.15) is 36.0 Å². The van der Waals surface area contributed by atoms with Gasteiger partial charge in [-0.25, -0.2) is 4.39 Å². The average molecular weight is 247 g/mol. The Morgan fingerprint density at radius 2 is 1.94 bits per heavy atom. The molecule has 0 radical (unpaired) electrons. The molecule has 0 aromatic heterocycles. The summed E-state index contributed by atoms with van der Waals surface area (Å²) in [5.41, 5.74) is 4.14. The molecule has 0 saturated carbocycles. The Morgan fingerprint density at radius 3 is 2.78 bits per heavy atom. The van der Waals surface area contributed by atoms with E-state index in [0.717, 1.165) is 25.9 Å². The normalized spacial score (nSPS) is 21.8. The zero-order chi connectivity index (χ0) is 12.4. The highest BCUT2D eigenvalue weighted by molar-refractivity contribution is 5.35. The minimum absolute atomic E-state index is 0.263. The lowest BCUT2D eigenvalue weighted by atomic mass is 9.89. The van der Waals surface area contributed by atoms with Gasteiger partial charge in [0.25, 0.3) is 0 Å². The molecule has 1 aliphatic carbocycles. The lowest BCUT2D eigenvalue weighted by Gasteiger charge is -2.25. The SMILES string of the molecule is FC(Cc1ccc2c(c1)CCC2)C1CCNCC1. The molecule has 1 aromatic rings. The molecule has 3 rings (SSSR count). The van der Waals surface area contributed by atoms with Crippen molar-refractivity contribution in [1.82, 2.24) is 5.32 Å². The monoisotopic (exact) mass is 247 g/mol. The Kier molecular flexibility index (Phi) is 3.64. The maximum Gasteiger partial charge on any atom is 0.107 e. The van der Waals surface area contributed by atoms with E-state index in [-0.39, 0.29) is 5.92 Å². The van der Waals surface area contributed by atoms with Crippen molar-refractivity contribution in [2.45, 2.75) is 44.7 Å². The van der Waals surface area contributed by atoms with Gasteiger partial charge >= 0.3 is 0 Å². The molecule has 0 bridgehead atoms. The molecule has 0 spiro atoms. The summed E-state index contributed by atoms with van der Waals surface area (Å²) in [5, 5.41) is 3.30. The van der Waals surface area contributed by atoms with Gasteiger partial charge in [0.15, 0.2) is 0 Å². The Morgan fingerprint density at radius 1 is 1.17 bits per heavy atom. The molecule has 2 aliphatic rings. The van der Waals surface area contributed by atoms with Crippen molar-refractivity contribution >= 4 is 0 Å². The van der Waals surface area contributed by atoms with E-state index >= 15 is 0 Å². The van der Waals surface area contributed by atoms with Crippen LogP contribution < -0.4 is 5.32 Å². The third-order valence-corrected chi connectivity index (χ3v) is 4.49. The molecule has 1 nitrogen and oxygen atoms in total. The van der Waals surface area contributed by atoms with Gasteiger partial charge in [-0.1, -0.05) is 18.2 Å². The third kappa shape index (κ3) is 2.59. The molecule has 1 fully saturated rings. The van der Waals surface area contributed by atoms with E-state index in [9.17, 15) is 4.39 Å². The number of nitrogens with one attached hydrogen (secondary N) is 1. The predicted octanol–water partition coefficient (Wildman–Crippen LogP) is 3.06. The third-order valence-electron chi connectivity index (χ3n) is 4.49. The minimum Gasteiger partial charge on any atom is -0.317 e. The zero-order valence-corrected chi connectivity index (χ0v) is 10.9. The largest absolute Gasteiger partial charge is 0.317 e. The van der Waals surface area contributed by atoms with Crippen LogP contribution in [0.3, 0.4) is 0 Å². The van der Waals surface area contributed by atoms with Crippen LogP contribution in [0, 0.1) is 5.92 Å². The van der Waals surface area contributed by atoms with Crippen molar-refractivity contribution in [2.24, 2.45) is 5.92 Å². The lowest BCUT2D eigenvalue weighted by molar-refractivity contribution is 0.187. The molecule has 1 heterocycles. The van der Waals surface area contributed by atoms with Crippen molar-refractivity contribution in [2.75, 3.05) is 13.1 Å². The predicted molar refractivity (Wildman–Crippen MR) is 72.7 cm³/mol. The second-order valence-corrected chi connectivity index (χ2v) is 5.76. The first kappa shape index (κ1) is 12.2. The maximum absolute atomic E-state index is 14.3. The number of fused-ring (bicyclic) bond motifs is 1. The molecule has 0 amide bonds. The van der Waals surface area contributed by atoms with Gasteiger partial charge in [-0.05, 0) is 67.8 Å². The number of piperidine rings is 1. The molecule has 1 saturated heterocycles. The molecule has 98 valence electrons. The van der Waals surface area contributed by atoms with Crippen LogP contribution in [-0.2, 0) is 19.3 Å². The summed E-state index contributed by atoms with van der Waals surface area (Å²) in [6.07, 6.45) is 5.60. The Bertz CT molecular complexity index is 410. The molecule has 1 aromatic carbocycles. The summed E-state index contributed by atoms with van der Waals surface area (Å²) in [6.45, 7) is 1.96. The van der Waals surface area contributed by atoms with Gasteiger partial charge < -0.3 is 5.32 Å². The zero-order valence-electron chi connectivity index (χ0n) is 10.9. The molecule has 1 aliphatic heterocycles. The summed E-state index contributed by atoms with van der Waals surface area (Å²) in [6, 6.07) is 6.60. The van der Waals surface area contributed by atoms with Crippen LogP contribution in [-0.4, -0.2) is 19.3 Å². The number of alkyl halides is 1. The summed E-state index contributed by atoms with van der Waals surface area (Å²) >= 11 is 0. The molecule has 18 heavy (non-hydrogen) atoms. The number of benzene rings is 1. The minimum atomic E-state index is -0.661. The van der Waals surface area contributed by atoms with Crippen molar-refractivity contribution in [3.63, 3.8) is 0 Å². The van der Waals surface area contributed by atoms with Crippen molar-refractivity contribution in [3.8, 4) is 0 Å². The van der Waals surface area contributed by atoms with Crippen LogP contribution in [0.25, 0.3) is 0 Å². The maximum atomic E-state index is 14.3. The van der Waals surface area contributed by atoms with Crippen molar-refractivity contribution in [3.05, 3.63) is 34.9 Å². The van der Waals surface area contributed by atoms with Crippen molar-refractivity contribution < 1.29 is 4.39 Å². The molecule has 2 heteroatoms. The van der Waals surface area contributed by atoms with E-state index in [2.05, 4.69) is 23.5 Å². The molecular formula is C16H22FN. The highest BCUT2D eigenvalue weighted by Crippen LogP contribution is 2.26. The summed E-state index contributed by atoms with van der Waals surface area (Å²) in [4.78, 5) is 0. The summed E-state index contributed by atoms with van der Waals surface area (Å²) in [7, 11) is 0. The lowest BCUT2D eigenvalue weighted by Crippen LogP contribution is -2.33. The van der Waals surface area contributed by atoms with Gasteiger partial charge in [-0.2, -0.15) is 0 Å². The first-order valence-electron chi connectivity index (χ1n) is 7.28. The number of hydrogen-bond donors (Lipinski definition) is 1. The number of hydrogen-bond acceptors (Lipinski definition) is 1. The van der Waals surface area contributed by atoms with Gasteiger partial charge in [0.05, 0.1) is 0 Å². The second-order valence-electron chi connectivity index (χ2n) is 5.76. The first-order chi connectivity index (χ1) is 8.83. The second kappa shape index (κ2) is 5.40. The fourth-order valence-electron chi connectivity index (χ4n) is 3.35. The number of halogens is 1. The Hall–Kier alpha value is -0.890. The number of rotatable bonds is 3. The van der Waals surface area contributed by atoms with Gasteiger partial charge in [0.2, 0.25) is 0 Å². The highest BCUT2D eigenvalue weighted by atomic mass is 19.1. The summed E-state index contributed by atoms with van der Waals surface area (Å²) in [5.74, 6) is 0.263. The van der Waals surface area contributed by atoms with Crippen LogP contribution in [0.4, 0.5) is 4.39 Å². The van der Waals surface area contributed by atoms with Crippen LogP contribution in [0.5, 0.6) is 0 Å². The first-order valence-corrected chi connectivity index (χ1v) is 7.28. The van der Waals surface area contributed by atoms with Crippen molar-refractivity contribution in [1.29, 1.82) is 0 Å². The van der Waals surface area contributed by atoms with E-state index in [1.165, 1.54) is 36.0 Å². The quantitative estimate of drug-likeness (QED) is 0.865. The molecule has 1 N–H and O–H groups in total. The van der Waals surface area contributed by atoms with E-state index < -0.39 is 6.17 Å². The van der Waals surface area contributed by atoms with Crippen LogP contribution in [0.15, 0.2) is 18.2 Å². The Balaban J connectivity index is 1.64. The van der Waals surface area contributed by atoms with Gasteiger partial charge in [0.1, 0.15) is 6.17 Å². The highest BCUT2D eigenvalue weighted by Gasteiger charge is 2.23. The van der Waals surface area contributed by atoms with E-state index in [1.54, 1.807) is 0 Å². The number of aryl methyl sites for hydroxylation is 2. The smallest absolute Gasteiger partial charge is 0.107 e. The van der Waals surface area contributed by atoms with E-state index in [1.807, 2.05) is 0 Å². The molecular weight excluding hydrogens is 225 g/mol. The summed E-state index contributed by atoms with van der Waals surface area (Å²) < 4.78 is 14.3. The van der Waals surface area contributed by atoms with E-state index in [4.69, 9.17) is 0 Å². The van der Waals surface area contributed by atoms with Gasteiger partial charge in [-0.3, -0.25) is 0 Å². The molecule has 1 unspecified atom stereocenters. The standard InChI is InChI=1S/C16H22FN/c17-16(14-6-8-18-9-7-14)11-12-4-5-13-2-1-3-15(13)10-12/h4-5,10,14,16,18H,1-3,6-9,11H2. The van der Waals surface area contributed by atoms with E-state index in [0.29, 0.717) is 6.42 Å². The fraction of sp³-hybridized carbons (Fsp3) is 0.625. The topological polar surface area (TPSA) is 12.0 Å². The van der Waals surface area contributed by atoms with Crippen LogP contribution in [0.2, 0.25) is 0 Å². The fourth-order valence-corrected chi connectivity index (χ4v) is 3.35. The van der Waals surface area contributed by atoms with Crippen LogP contribution >= 0.6 is 0 Å². The van der Waals surface area contributed by atoms with Gasteiger partial charge in [-0.15, -0.1) is 0 Å². The van der Waals surface area contributed by atoms with Gasteiger partial charge in [0, 0.05) is 6.42 Å². The average Bonchev–Trinajstić information content (AvgIpc) is 2.87. The Labute approximate surface area is 109 Å². The molecule has 1 atom stereocenters.